The molecule has 1 aliphatic carbocycles. The fraction of sp³-hybridized carbons (Fsp3) is 0.889. The standard InChI is InChI=1S/C9H16O2/c1-3-8-4-5-9(8)6-11-7(2)10/h8-9H,3-6H2,1-2H3. The van der Waals surface area contributed by atoms with Crippen LogP contribution in [0, 0.1) is 11.8 Å². The molecule has 0 heterocycles. The van der Waals surface area contributed by atoms with Gasteiger partial charge in [-0.25, -0.2) is 0 Å². The van der Waals surface area contributed by atoms with Crippen LogP contribution in [0.25, 0.3) is 0 Å². The van der Waals surface area contributed by atoms with E-state index in [-0.39, 0.29) is 5.97 Å². The van der Waals surface area contributed by atoms with Gasteiger partial charge in [0.1, 0.15) is 0 Å². The SMILES string of the molecule is CCC1CCC1COC(C)=O. The van der Waals surface area contributed by atoms with Crippen molar-refractivity contribution >= 4 is 5.97 Å². The lowest BCUT2D eigenvalue weighted by Gasteiger charge is -2.35. The van der Waals surface area contributed by atoms with Crippen LogP contribution in [0.5, 0.6) is 0 Å². The number of rotatable bonds is 3. The molecule has 1 rings (SSSR count). The summed E-state index contributed by atoms with van der Waals surface area (Å²) in [5, 5.41) is 0. The Balaban J connectivity index is 2.12. The van der Waals surface area contributed by atoms with Crippen LogP contribution in [0.2, 0.25) is 0 Å². The molecule has 64 valence electrons. The monoisotopic (exact) mass is 156 g/mol. The summed E-state index contributed by atoms with van der Waals surface area (Å²) < 4.78 is 4.94. The van der Waals surface area contributed by atoms with Gasteiger partial charge in [-0.3, -0.25) is 4.79 Å². The molecule has 2 heteroatoms. The van der Waals surface area contributed by atoms with E-state index >= 15 is 0 Å². The maximum Gasteiger partial charge on any atom is 0.302 e. The Labute approximate surface area is 67.9 Å². The van der Waals surface area contributed by atoms with E-state index in [2.05, 4.69) is 6.92 Å². The Hall–Kier alpha value is -0.530. The third-order valence-electron chi connectivity index (χ3n) is 2.60. The van der Waals surface area contributed by atoms with Gasteiger partial charge in [-0.2, -0.15) is 0 Å². The van der Waals surface area contributed by atoms with E-state index in [9.17, 15) is 4.79 Å². The molecule has 11 heavy (non-hydrogen) atoms. The van der Waals surface area contributed by atoms with Gasteiger partial charge in [0.25, 0.3) is 0 Å². The number of ether oxygens (including phenoxy) is 1. The second-order valence-electron chi connectivity index (χ2n) is 3.31. The summed E-state index contributed by atoms with van der Waals surface area (Å²) in [5.74, 6) is 1.32. The van der Waals surface area contributed by atoms with Gasteiger partial charge >= 0.3 is 5.97 Å². The molecular weight excluding hydrogens is 140 g/mol. The molecule has 0 bridgehead atoms. The maximum absolute atomic E-state index is 10.5. The zero-order chi connectivity index (χ0) is 8.27. The van der Waals surface area contributed by atoms with Crippen LogP contribution < -0.4 is 0 Å². The lowest BCUT2D eigenvalue weighted by molar-refractivity contribution is -0.144. The molecule has 0 saturated heterocycles. The first kappa shape index (κ1) is 8.57. The minimum Gasteiger partial charge on any atom is -0.466 e. The molecule has 0 radical (unpaired) electrons. The number of carbonyl (C=O) groups excluding carboxylic acids is 1. The lowest BCUT2D eigenvalue weighted by atomic mass is 9.73. The number of esters is 1. The minimum absolute atomic E-state index is 0.147. The van der Waals surface area contributed by atoms with Crippen LogP contribution in [0.15, 0.2) is 0 Å². The lowest BCUT2D eigenvalue weighted by Crippen LogP contribution is -2.29. The van der Waals surface area contributed by atoms with Crippen LogP contribution in [-0.2, 0) is 9.53 Å². The first-order valence-electron chi connectivity index (χ1n) is 4.37. The van der Waals surface area contributed by atoms with Crippen molar-refractivity contribution in [3.8, 4) is 0 Å². The van der Waals surface area contributed by atoms with E-state index in [4.69, 9.17) is 4.74 Å². The highest BCUT2D eigenvalue weighted by atomic mass is 16.5. The van der Waals surface area contributed by atoms with E-state index in [0.29, 0.717) is 12.5 Å². The van der Waals surface area contributed by atoms with Gasteiger partial charge < -0.3 is 4.74 Å². The van der Waals surface area contributed by atoms with Crippen molar-refractivity contribution in [3.63, 3.8) is 0 Å². The van der Waals surface area contributed by atoms with Crippen molar-refractivity contribution in [2.75, 3.05) is 6.61 Å². The summed E-state index contributed by atoms with van der Waals surface area (Å²) in [5.41, 5.74) is 0. The van der Waals surface area contributed by atoms with Gasteiger partial charge in [0.05, 0.1) is 6.61 Å². The van der Waals surface area contributed by atoms with Crippen LogP contribution in [0.3, 0.4) is 0 Å². The van der Waals surface area contributed by atoms with Crippen molar-refractivity contribution in [2.24, 2.45) is 11.8 Å². The summed E-state index contributed by atoms with van der Waals surface area (Å²) in [7, 11) is 0. The van der Waals surface area contributed by atoms with Crippen LogP contribution >= 0.6 is 0 Å². The smallest absolute Gasteiger partial charge is 0.302 e. The van der Waals surface area contributed by atoms with Gasteiger partial charge in [0, 0.05) is 6.92 Å². The maximum atomic E-state index is 10.5. The predicted octanol–water partition coefficient (Wildman–Crippen LogP) is 1.99. The number of hydrogen-bond donors (Lipinski definition) is 0. The van der Waals surface area contributed by atoms with E-state index in [1.165, 1.54) is 26.2 Å². The molecule has 0 aromatic rings. The molecule has 0 aromatic carbocycles. The normalized spacial score (nSPS) is 29.3. The zero-order valence-corrected chi connectivity index (χ0v) is 7.30. The highest BCUT2D eigenvalue weighted by Crippen LogP contribution is 2.36. The average Bonchev–Trinajstić information content (AvgIpc) is 1.86. The third-order valence-corrected chi connectivity index (χ3v) is 2.60. The van der Waals surface area contributed by atoms with Gasteiger partial charge in [0.2, 0.25) is 0 Å². The van der Waals surface area contributed by atoms with Crippen LogP contribution in [-0.4, -0.2) is 12.6 Å². The molecule has 0 spiro atoms. The largest absolute Gasteiger partial charge is 0.466 e. The van der Waals surface area contributed by atoms with Gasteiger partial charge in [-0.15, -0.1) is 0 Å². The van der Waals surface area contributed by atoms with Crippen LogP contribution in [0.1, 0.15) is 33.1 Å². The highest BCUT2D eigenvalue weighted by Gasteiger charge is 2.29. The number of hydrogen-bond acceptors (Lipinski definition) is 2. The summed E-state index contributed by atoms with van der Waals surface area (Å²) in [6.07, 6.45) is 3.79. The molecule has 2 nitrogen and oxygen atoms in total. The van der Waals surface area contributed by atoms with Crippen molar-refractivity contribution in [2.45, 2.75) is 33.1 Å². The van der Waals surface area contributed by atoms with Crippen LogP contribution in [0.4, 0.5) is 0 Å². The molecule has 0 aromatic heterocycles. The van der Waals surface area contributed by atoms with Crippen molar-refractivity contribution in [1.29, 1.82) is 0 Å². The Morgan fingerprint density at radius 1 is 1.45 bits per heavy atom. The first-order valence-corrected chi connectivity index (χ1v) is 4.37. The van der Waals surface area contributed by atoms with E-state index in [0.717, 1.165) is 5.92 Å². The molecule has 1 aliphatic rings. The van der Waals surface area contributed by atoms with Gasteiger partial charge in [0.15, 0.2) is 0 Å². The Bertz CT molecular complexity index is 140. The molecule has 2 unspecified atom stereocenters. The quantitative estimate of drug-likeness (QED) is 0.584. The zero-order valence-electron chi connectivity index (χ0n) is 7.30. The predicted molar refractivity (Wildman–Crippen MR) is 43.1 cm³/mol. The molecule has 2 atom stereocenters. The Morgan fingerprint density at radius 2 is 2.09 bits per heavy atom. The molecule has 0 amide bonds. The summed E-state index contributed by atoms with van der Waals surface area (Å²) in [4.78, 5) is 10.5. The fourth-order valence-corrected chi connectivity index (χ4v) is 1.62. The Morgan fingerprint density at radius 3 is 2.45 bits per heavy atom. The summed E-state index contributed by atoms with van der Waals surface area (Å²) >= 11 is 0. The summed E-state index contributed by atoms with van der Waals surface area (Å²) in [6, 6.07) is 0. The minimum atomic E-state index is -0.147. The van der Waals surface area contributed by atoms with E-state index in [1.807, 2.05) is 0 Å². The molecule has 0 aliphatic heterocycles. The Kier molecular flexibility index (Phi) is 2.92. The average molecular weight is 156 g/mol. The van der Waals surface area contributed by atoms with Crippen molar-refractivity contribution in [1.82, 2.24) is 0 Å². The first-order chi connectivity index (χ1) is 5.24. The molecule has 1 saturated carbocycles. The van der Waals surface area contributed by atoms with E-state index < -0.39 is 0 Å². The molecule has 0 N–H and O–H groups in total. The van der Waals surface area contributed by atoms with E-state index in [1.54, 1.807) is 0 Å². The topological polar surface area (TPSA) is 26.3 Å². The fourth-order valence-electron chi connectivity index (χ4n) is 1.62. The molecule has 1 fully saturated rings. The van der Waals surface area contributed by atoms with Crippen molar-refractivity contribution in [3.05, 3.63) is 0 Å². The van der Waals surface area contributed by atoms with Crippen molar-refractivity contribution < 1.29 is 9.53 Å². The van der Waals surface area contributed by atoms with Gasteiger partial charge in [-0.1, -0.05) is 13.3 Å². The number of carbonyl (C=O) groups is 1. The third kappa shape index (κ3) is 2.21. The summed E-state index contributed by atoms with van der Waals surface area (Å²) in [6.45, 7) is 4.32. The molecular formula is C9H16O2. The second-order valence-corrected chi connectivity index (χ2v) is 3.31. The second kappa shape index (κ2) is 3.74. The highest BCUT2D eigenvalue weighted by molar-refractivity contribution is 5.65. The van der Waals surface area contributed by atoms with Gasteiger partial charge in [-0.05, 0) is 24.7 Å².